The van der Waals surface area contributed by atoms with Gasteiger partial charge in [-0.1, -0.05) is 147 Å². The van der Waals surface area contributed by atoms with Gasteiger partial charge >= 0.3 is 0 Å². The molecule has 1 atom stereocenters. The van der Waals surface area contributed by atoms with E-state index in [1.807, 2.05) is 0 Å². The molecule has 0 heterocycles. The van der Waals surface area contributed by atoms with Gasteiger partial charge in [-0.05, 0) is 37.3 Å². The highest BCUT2D eigenvalue weighted by atomic mass is 35.5. The molecule has 1 aromatic carbocycles. The average Bonchev–Trinajstić information content (AvgIpc) is 2.78. The minimum atomic E-state index is -0.217. The molecule has 1 unspecified atom stereocenters. The molecule has 0 bridgehead atoms. The summed E-state index contributed by atoms with van der Waals surface area (Å²) < 4.78 is 0. The van der Waals surface area contributed by atoms with Crippen LogP contribution in [-0.4, -0.2) is 0 Å². The van der Waals surface area contributed by atoms with E-state index in [2.05, 4.69) is 45.0 Å². The Morgan fingerprint density at radius 1 is 0.581 bits per heavy atom. The van der Waals surface area contributed by atoms with Crippen molar-refractivity contribution in [1.29, 1.82) is 0 Å². The maximum atomic E-state index is 6.74. The van der Waals surface area contributed by atoms with Crippen LogP contribution < -0.4 is 0 Å². The van der Waals surface area contributed by atoms with Crippen LogP contribution >= 0.6 is 11.6 Å². The number of benzene rings is 1. The molecule has 0 amide bonds. The molecule has 1 aromatic rings. The molecule has 0 radical (unpaired) electrons. The van der Waals surface area contributed by atoms with Gasteiger partial charge in [0.05, 0.1) is 4.87 Å². The Bertz CT molecular complexity index is 519. The molecule has 0 aliphatic rings. The molecular formula is C30H53Cl. The zero-order valence-electron chi connectivity index (χ0n) is 21.3. The largest absolute Gasteiger partial charge is 0.114 e. The third-order valence-corrected chi connectivity index (χ3v) is 7.51. The quantitative estimate of drug-likeness (QED) is 0.129. The molecule has 0 aliphatic carbocycles. The number of hydrogen-bond acceptors (Lipinski definition) is 0. The number of hydrogen-bond donors (Lipinski definition) is 0. The van der Waals surface area contributed by atoms with Crippen molar-refractivity contribution < 1.29 is 0 Å². The lowest BCUT2D eigenvalue weighted by Gasteiger charge is -2.24. The van der Waals surface area contributed by atoms with Crippen LogP contribution in [0.3, 0.4) is 0 Å². The molecule has 0 aromatic heterocycles. The molecule has 0 aliphatic heterocycles. The Hall–Kier alpha value is -0.490. The van der Waals surface area contributed by atoms with Crippen molar-refractivity contribution in [3.63, 3.8) is 0 Å². The second-order valence-corrected chi connectivity index (χ2v) is 10.8. The SMILES string of the molecule is CCCCCCCCCCCCCCCCCCCCc1ccccc1C(C)(Cl)CC. The second-order valence-electron chi connectivity index (χ2n) is 9.97. The summed E-state index contributed by atoms with van der Waals surface area (Å²) in [5.41, 5.74) is 2.80. The van der Waals surface area contributed by atoms with Gasteiger partial charge in [-0.15, -0.1) is 11.6 Å². The molecule has 0 saturated heterocycles. The average molecular weight is 449 g/mol. The van der Waals surface area contributed by atoms with Crippen LogP contribution in [0.25, 0.3) is 0 Å². The molecule has 0 N–H and O–H groups in total. The van der Waals surface area contributed by atoms with E-state index in [-0.39, 0.29) is 4.87 Å². The zero-order chi connectivity index (χ0) is 22.6. The third-order valence-electron chi connectivity index (χ3n) is 7.04. The van der Waals surface area contributed by atoms with Crippen molar-refractivity contribution in [2.75, 3.05) is 0 Å². The minimum Gasteiger partial charge on any atom is -0.114 e. The van der Waals surface area contributed by atoms with Crippen molar-refractivity contribution in [2.45, 2.75) is 154 Å². The van der Waals surface area contributed by atoms with E-state index in [4.69, 9.17) is 11.6 Å². The van der Waals surface area contributed by atoms with Crippen LogP contribution in [0.15, 0.2) is 24.3 Å². The van der Waals surface area contributed by atoms with Crippen molar-refractivity contribution in [2.24, 2.45) is 0 Å². The second kappa shape index (κ2) is 19.0. The number of unbranched alkanes of at least 4 members (excludes halogenated alkanes) is 17. The van der Waals surface area contributed by atoms with Crippen LogP contribution in [0, 0.1) is 0 Å². The van der Waals surface area contributed by atoms with Gasteiger partial charge in [0.25, 0.3) is 0 Å². The number of aryl methyl sites for hydroxylation is 1. The van der Waals surface area contributed by atoms with Gasteiger partial charge in [-0.2, -0.15) is 0 Å². The topological polar surface area (TPSA) is 0 Å². The summed E-state index contributed by atoms with van der Waals surface area (Å²) in [5, 5.41) is 0. The molecule has 1 heteroatoms. The summed E-state index contributed by atoms with van der Waals surface area (Å²) in [6.07, 6.45) is 28.0. The summed E-state index contributed by atoms with van der Waals surface area (Å²) in [5.74, 6) is 0. The predicted octanol–water partition coefficient (Wildman–Crippen LogP) is 11.1. The Labute approximate surface area is 200 Å². The molecule has 0 nitrogen and oxygen atoms in total. The molecule has 1 rings (SSSR count). The summed E-state index contributed by atoms with van der Waals surface area (Å²) in [4.78, 5) is -0.217. The molecule has 180 valence electrons. The number of alkyl halides is 1. The maximum Gasteiger partial charge on any atom is 0.0666 e. The predicted molar refractivity (Wildman–Crippen MR) is 142 cm³/mol. The highest BCUT2D eigenvalue weighted by Crippen LogP contribution is 2.34. The summed E-state index contributed by atoms with van der Waals surface area (Å²) in [6.45, 7) is 6.63. The molecular weight excluding hydrogens is 396 g/mol. The summed E-state index contributed by atoms with van der Waals surface area (Å²) in [7, 11) is 0. The molecule has 31 heavy (non-hydrogen) atoms. The van der Waals surface area contributed by atoms with Gasteiger partial charge < -0.3 is 0 Å². The first-order valence-electron chi connectivity index (χ1n) is 13.9. The highest BCUT2D eigenvalue weighted by molar-refractivity contribution is 6.23. The van der Waals surface area contributed by atoms with Crippen molar-refractivity contribution >= 4 is 11.6 Å². The molecule has 0 saturated carbocycles. The molecule has 0 spiro atoms. The van der Waals surface area contributed by atoms with Gasteiger partial charge in [-0.3, -0.25) is 0 Å². The van der Waals surface area contributed by atoms with E-state index in [0.29, 0.717) is 0 Å². The summed E-state index contributed by atoms with van der Waals surface area (Å²) >= 11 is 6.74. The van der Waals surface area contributed by atoms with Crippen LogP contribution in [0.5, 0.6) is 0 Å². The smallest absolute Gasteiger partial charge is 0.0666 e. The van der Waals surface area contributed by atoms with E-state index in [0.717, 1.165) is 6.42 Å². The van der Waals surface area contributed by atoms with Gasteiger partial charge in [0, 0.05) is 0 Å². The summed E-state index contributed by atoms with van der Waals surface area (Å²) in [6, 6.07) is 8.79. The Kier molecular flexibility index (Phi) is 17.5. The highest BCUT2D eigenvalue weighted by Gasteiger charge is 2.23. The monoisotopic (exact) mass is 448 g/mol. The fourth-order valence-electron chi connectivity index (χ4n) is 4.65. The Morgan fingerprint density at radius 3 is 1.39 bits per heavy atom. The van der Waals surface area contributed by atoms with E-state index < -0.39 is 0 Å². The van der Waals surface area contributed by atoms with Crippen LogP contribution in [0.2, 0.25) is 0 Å². The van der Waals surface area contributed by atoms with Gasteiger partial charge in [0.1, 0.15) is 0 Å². The minimum absolute atomic E-state index is 0.217. The first-order chi connectivity index (χ1) is 15.1. The number of rotatable bonds is 21. The normalized spacial score (nSPS) is 13.4. The fraction of sp³-hybridized carbons (Fsp3) is 0.800. The van der Waals surface area contributed by atoms with Crippen LogP contribution in [0.1, 0.15) is 154 Å². The molecule has 0 fully saturated rings. The van der Waals surface area contributed by atoms with Gasteiger partial charge in [-0.25, -0.2) is 0 Å². The Balaban J connectivity index is 1.90. The van der Waals surface area contributed by atoms with E-state index in [9.17, 15) is 0 Å². The lowest BCUT2D eigenvalue weighted by Crippen LogP contribution is -2.14. The third kappa shape index (κ3) is 14.3. The van der Waals surface area contributed by atoms with Gasteiger partial charge in [0.2, 0.25) is 0 Å². The van der Waals surface area contributed by atoms with E-state index in [1.165, 1.54) is 133 Å². The van der Waals surface area contributed by atoms with Crippen molar-refractivity contribution in [1.82, 2.24) is 0 Å². The van der Waals surface area contributed by atoms with Crippen LogP contribution in [0.4, 0.5) is 0 Å². The van der Waals surface area contributed by atoms with Crippen molar-refractivity contribution in [3.05, 3.63) is 35.4 Å². The first-order valence-corrected chi connectivity index (χ1v) is 14.3. The van der Waals surface area contributed by atoms with E-state index >= 15 is 0 Å². The number of halogens is 1. The van der Waals surface area contributed by atoms with Crippen LogP contribution in [-0.2, 0) is 11.3 Å². The fourth-order valence-corrected chi connectivity index (χ4v) is 4.84. The maximum absolute atomic E-state index is 6.74. The van der Waals surface area contributed by atoms with Crippen molar-refractivity contribution in [3.8, 4) is 0 Å². The Morgan fingerprint density at radius 2 is 0.968 bits per heavy atom. The van der Waals surface area contributed by atoms with Gasteiger partial charge in [0.15, 0.2) is 0 Å². The standard InChI is InChI=1S/C30H53Cl/c1-4-6-7-8-9-10-11-12-13-14-15-16-17-18-19-20-21-22-25-28-26-23-24-27-29(28)30(3,31)5-2/h23-24,26-27H,4-22,25H2,1-3H3. The first kappa shape index (κ1) is 28.5. The van der Waals surface area contributed by atoms with E-state index in [1.54, 1.807) is 0 Å². The zero-order valence-corrected chi connectivity index (χ0v) is 22.1. The lowest BCUT2D eigenvalue weighted by atomic mass is 9.90. The lowest BCUT2D eigenvalue weighted by molar-refractivity contribution is 0.525.